The lowest BCUT2D eigenvalue weighted by Crippen LogP contribution is -2.49. The minimum absolute atomic E-state index is 0.0749. The van der Waals surface area contributed by atoms with Gasteiger partial charge in [0.25, 0.3) is 0 Å². The zero-order chi connectivity index (χ0) is 21.4. The molecule has 0 saturated carbocycles. The summed E-state index contributed by atoms with van der Waals surface area (Å²) < 4.78 is 18.2. The first kappa shape index (κ1) is 24.8. The maximum atomic E-state index is 6.73. The standard InChI is InChI=1S/C23H39NO3Si/c1-10-21(25-7)22(27-28(8,9)23(4,5)6)19(3)15-18(2)16-26-17-20-13-11-12-14-24-20/h10-15,19,21-22H,1,16-17H2,2-9H3/b18-15-/t19-,21+,22+/m1/s1. The Morgan fingerprint density at radius 1 is 1.29 bits per heavy atom. The Labute approximate surface area is 173 Å². The fourth-order valence-corrected chi connectivity index (χ4v) is 4.13. The molecule has 0 radical (unpaired) electrons. The highest BCUT2D eigenvalue weighted by atomic mass is 28.4. The van der Waals surface area contributed by atoms with Crippen LogP contribution in [0, 0.1) is 5.92 Å². The van der Waals surface area contributed by atoms with Crippen molar-refractivity contribution < 1.29 is 13.9 Å². The van der Waals surface area contributed by atoms with E-state index < -0.39 is 8.32 Å². The van der Waals surface area contributed by atoms with Crippen LogP contribution in [-0.4, -0.2) is 39.2 Å². The Morgan fingerprint density at radius 3 is 2.46 bits per heavy atom. The number of hydrogen-bond donors (Lipinski definition) is 0. The van der Waals surface area contributed by atoms with E-state index in [1.165, 1.54) is 5.57 Å². The zero-order valence-electron chi connectivity index (χ0n) is 19.0. The Bertz CT molecular complexity index is 622. The fraction of sp³-hybridized carbons (Fsp3) is 0.609. The van der Waals surface area contributed by atoms with E-state index in [0.717, 1.165) is 5.69 Å². The van der Waals surface area contributed by atoms with E-state index in [4.69, 9.17) is 13.9 Å². The third-order valence-electron chi connectivity index (χ3n) is 5.44. The third-order valence-corrected chi connectivity index (χ3v) is 9.91. The van der Waals surface area contributed by atoms with Gasteiger partial charge in [-0.15, -0.1) is 6.58 Å². The van der Waals surface area contributed by atoms with Crippen LogP contribution in [0.3, 0.4) is 0 Å². The Kier molecular flexibility index (Phi) is 9.77. The third kappa shape index (κ3) is 7.63. The summed E-state index contributed by atoms with van der Waals surface area (Å²) in [6, 6.07) is 5.85. The predicted molar refractivity (Wildman–Crippen MR) is 120 cm³/mol. The zero-order valence-corrected chi connectivity index (χ0v) is 20.0. The number of ether oxygens (including phenoxy) is 2. The number of rotatable bonds is 11. The lowest BCUT2D eigenvalue weighted by molar-refractivity contribution is 0.00579. The maximum absolute atomic E-state index is 6.73. The van der Waals surface area contributed by atoms with Gasteiger partial charge in [0.2, 0.25) is 0 Å². The van der Waals surface area contributed by atoms with Crippen LogP contribution >= 0.6 is 0 Å². The Balaban J connectivity index is 2.82. The van der Waals surface area contributed by atoms with Crippen LogP contribution in [0.4, 0.5) is 0 Å². The van der Waals surface area contributed by atoms with Crippen molar-refractivity contribution in [2.75, 3.05) is 13.7 Å². The Morgan fingerprint density at radius 2 is 1.96 bits per heavy atom. The van der Waals surface area contributed by atoms with Crippen LogP contribution < -0.4 is 0 Å². The van der Waals surface area contributed by atoms with Crippen LogP contribution in [0.15, 0.2) is 48.7 Å². The molecule has 0 aromatic carbocycles. The van der Waals surface area contributed by atoms with E-state index in [9.17, 15) is 0 Å². The number of nitrogens with zero attached hydrogens (tertiary/aromatic N) is 1. The quantitative estimate of drug-likeness (QED) is 0.346. The molecule has 158 valence electrons. The minimum Gasteiger partial charge on any atom is -0.410 e. The summed E-state index contributed by atoms with van der Waals surface area (Å²) in [5.41, 5.74) is 2.11. The molecule has 0 aliphatic carbocycles. The van der Waals surface area contributed by atoms with Crippen molar-refractivity contribution >= 4 is 8.32 Å². The summed E-state index contributed by atoms with van der Waals surface area (Å²) in [5, 5.41) is 0.134. The number of pyridine rings is 1. The number of hydrogen-bond acceptors (Lipinski definition) is 4. The molecule has 0 fully saturated rings. The second-order valence-electron chi connectivity index (χ2n) is 8.96. The van der Waals surface area contributed by atoms with Gasteiger partial charge in [-0.3, -0.25) is 4.98 Å². The van der Waals surface area contributed by atoms with Crippen LogP contribution in [0.25, 0.3) is 0 Å². The van der Waals surface area contributed by atoms with E-state index in [1.54, 1.807) is 13.3 Å². The van der Waals surface area contributed by atoms with Gasteiger partial charge in [-0.2, -0.15) is 0 Å². The van der Waals surface area contributed by atoms with Gasteiger partial charge >= 0.3 is 0 Å². The summed E-state index contributed by atoms with van der Waals surface area (Å²) in [5.74, 6) is 0.176. The van der Waals surface area contributed by atoms with Gasteiger partial charge in [0.05, 0.1) is 25.0 Å². The van der Waals surface area contributed by atoms with Crippen molar-refractivity contribution in [1.29, 1.82) is 0 Å². The van der Waals surface area contributed by atoms with Crippen molar-refractivity contribution in [3.63, 3.8) is 0 Å². The normalized spacial score (nSPS) is 16.5. The lowest BCUT2D eigenvalue weighted by atomic mass is 9.97. The van der Waals surface area contributed by atoms with Crippen LogP contribution in [0.2, 0.25) is 18.1 Å². The molecule has 5 heteroatoms. The molecular weight excluding hydrogens is 366 g/mol. The molecule has 0 unspecified atom stereocenters. The molecule has 3 atom stereocenters. The summed E-state index contributed by atoms with van der Waals surface area (Å²) >= 11 is 0. The summed E-state index contributed by atoms with van der Waals surface area (Å²) in [4.78, 5) is 4.29. The highest BCUT2D eigenvalue weighted by Gasteiger charge is 2.41. The smallest absolute Gasteiger partial charge is 0.192 e. The van der Waals surface area contributed by atoms with Crippen molar-refractivity contribution in [1.82, 2.24) is 4.98 Å². The first-order valence-electron chi connectivity index (χ1n) is 10.00. The second kappa shape index (κ2) is 11.1. The molecule has 1 rings (SSSR count). The largest absolute Gasteiger partial charge is 0.410 e. The molecule has 4 nitrogen and oxygen atoms in total. The highest BCUT2D eigenvalue weighted by Crippen LogP contribution is 2.39. The van der Waals surface area contributed by atoms with Gasteiger partial charge in [0.1, 0.15) is 6.10 Å². The average Bonchev–Trinajstić information content (AvgIpc) is 2.61. The number of methoxy groups -OCH3 is 1. The topological polar surface area (TPSA) is 40.6 Å². The van der Waals surface area contributed by atoms with Gasteiger partial charge in [-0.1, -0.05) is 51.5 Å². The molecule has 0 amide bonds. The molecular formula is C23H39NO3Si. The van der Waals surface area contributed by atoms with Crippen molar-refractivity contribution in [2.45, 2.75) is 71.6 Å². The summed E-state index contributed by atoms with van der Waals surface area (Å²) in [7, 11) is -0.227. The van der Waals surface area contributed by atoms with Gasteiger partial charge < -0.3 is 13.9 Å². The van der Waals surface area contributed by atoms with Gasteiger partial charge in [-0.25, -0.2) is 0 Å². The molecule has 1 heterocycles. The lowest BCUT2D eigenvalue weighted by Gasteiger charge is -2.42. The van der Waals surface area contributed by atoms with Crippen LogP contribution in [0.5, 0.6) is 0 Å². The number of aromatic nitrogens is 1. The van der Waals surface area contributed by atoms with Crippen LogP contribution in [-0.2, 0) is 20.5 Å². The minimum atomic E-state index is -1.94. The van der Waals surface area contributed by atoms with E-state index in [1.807, 2.05) is 24.3 Å². The molecule has 0 N–H and O–H groups in total. The van der Waals surface area contributed by atoms with Gasteiger partial charge in [0.15, 0.2) is 8.32 Å². The van der Waals surface area contributed by atoms with E-state index in [-0.39, 0.29) is 23.2 Å². The van der Waals surface area contributed by atoms with Crippen LogP contribution in [0.1, 0.15) is 40.3 Å². The Hall–Kier alpha value is -1.27. The molecule has 0 saturated heterocycles. The molecule has 1 aromatic rings. The maximum Gasteiger partial charge on any atom is 0.192 e. The van der Waals surface area contributed by atoms with Crippen molar-refractivity contribution in [2.24, 2.45) is 5.92 Å². The molecule has 28 heavy (non-hydrogen) atoms. The summed E-state index contributed by atoms with van der Waals surface area (Å²) in [6.45, 7) is 20.6. The monoisotopic (exact) mass is 405 g/mol. The van der Waals surface area contributed by atoms with Gasteiger partial charge in [0, 0.05) is 19.2 Å². The SMILES string of the molecule is C=C[C@H](OC)[C@@H](O[Si](C)(C)C(C)(C)C)[C@H](C)/C=C(/C)COCc1ccccn1. The van der Waals surface area contributed by atoms with E-state index in [2.05, 4.69) is 65.4 Å². The molecule has 0 aliphatic rings. The predicted octanol–water partition coefficient (Wildman–Crippen LogP) is 5.77. The van der Waals surface area contributed by atoms with Gasteiger partial charge in [-0.05, 0) is 37.2 Å². The highest BCUT2D eigenvalue weighted by molar-refractivity contribution is 6.74. The van der Waals surface area contributed by atoms with Crippen molar-refractivity contribution in [3.05, 3.63) is 54.4 Å². The fourth-order valence-electron chi connectivity index (χ4n) is 2.75. The first-order chi connectivity index (χ1) is 13.0. The first-order valence-corrected chi connectivity index (χ1v) is 12.9. The summed E-state index contributed by atoms with van der Waals surface area (Å²) in [6.07, 6.45) is 5.63. The second-order valence-corrected chi connectivity index (χ2v) is 13.7. The molecule has 1 aromatic heterocycles. The molecule has 0 bridgehead atoms. The van der Waals surface area contributed by atoms with Crippen molar-refractivity contribution in [3.8, 4) is 0 Å². The molecule has 0 spiro atoms. The van der Waals surface area contributed by atoms with E-state index >= 15 is 0 Å². The molecule has 0 aliphatic heterocycles. The average molecular weight is 406 g/mol. The van der Waals surface area contributed by atoms with E-state index in [0.29, 0.717) is 13.2 Å².